The third-order valence-electron chi connectivity index (χ3n) is 4.29. The number of hydrogen-bond donors (Lipinski definition) is 0. The highest BCUT2D eigenvalue weighted by Crippen LogP contribution is 2.23. The Hall–Kier alpha value is -3.61. The van der Waals surface area contributed by atoms with Crippen molar-refractivity contribution < 1.29 is 14.3 Å². The molecule has 1 heterocycles. The van der Waals surface area contributed by atoms with Crippen LogP contribution in [-0.4, -0.2) is 30.2 Å². The summed E-state index contributed by atoms with van der Waals surface area (Å²) in [7, 11) is 0. The molecule has 0 bridgehead atoms. The minimum absolute atomic E-state index is 0.228. The number of esters is 1. The van der Waals surface area contributed by atoms with Crippen LogP contribution < -0.4 is 5.01 Å². The molecule has 0 N–H and O–H groups in total. The molecule has 0 aromatic heterocycles. The predicted molar refractivity (Wildman–Crippen MR) is 111 cm³/mol. The standard InChI is InChI=1S/C22H22N4O3/c1-15(2)22(28)29-14-13-17-9-11-18(12-10-17)23-24-20-16(3)25-26(21(20)27)19-7-5-4-6-8-19/h4-12,20H,1,13-14H2,2-3H3/b24-23+. The Labute approximate surface area is 169 Å². The third kappa shape index (κ3) is 5.01. The summed E-state index contributed by atoms with van der Waals surface area (Å²) in [6.45, 7) is 7.21. The molecule has 1 amide bonds. The second-order valence-corrected chi connectivity index (χ2v) is 6.68. The summed E-state index contributed by atoms with van der Waals surface area (Å²) in [6.07, 6.45) is 0.593. The first-order valence-corrected chi connectivity index (χ1v) is 9.22. The molecule has 29 heavy (non-hydrogen) atoms. The van der Waals surface area contributed by atoms with Gasteiger partial charge in [-0.2, -0.15) is 20.3 Å². The molecule has 0 radical (unpaired) electrons. The van der Waals surface area contributed by atoms with Crippen LogP contribution in [0.25, 0.3) is 0 Å². The first kappa shape index (κ1) is 20.1. The minimum Gasteiger partial charge on any atom is -0.462 e. The van der Waals surface area contributed by atoms with E-state index in [1.54, 1.807) is 26.0 Å². The van der Waals surface area contributed by atoms with Gasteiger partial charge in [-0.25, -0.2) is 4.79 Å². The first-order chi connectivity index (χ1) is 14.0. The number of amides is 1. The van der Waals surface area contributed by atoms with Gasteiger partial charge in [0.2, 0.25) is 0 Å². The van der Waals surface area contributed by atoms with E-state index in [0.717, 1.165) is 5.56 Å². The highest BCUT2D eigenvalue weighted by Gasteiger charge is 2.34. The van der Waals surface area contributed by atoms with Gasteiger partial charge in [-0.05, 0) is 43.7 Å². The molecule has 148 valence electrons. The Morgan fingerprint density at radius 1 is 1.17 bits per heavy atom. The van der Waals surface area contributed by atoms with Crippen LogP contribution in [0.4, 0.5) is 11.4 Å². The van der Waals surface area contributed by atoms with E-state index in [1.165, 1.54) is 5.01 Å². The van der Waals surface area contributed by atoms with Crippen molar-refractivity contribution in [2.75, 3.05) is 11.6 Å². The molecular weight excluding hydrogens is 368 g/mol. The summed E-state index contributed by atoms with van der Waals surface area (Å²) in [5.74, 6) is -0.619. The average molecular weight is 390 g/mol. The van der Waals surface area contributed by atoms with Gasteiger partial charge in [0.05, 0.1) is 23.7 Å². The van der Waals surface area contributed by atoms with Gasteiger partial charge >= 0.3 is 5.97 Å². The lowest BCUT2D eigenvalue weighted by Gasteiger charge is -2.11. The van der Waals surface area contributed by atoms with Crippen LogP contribution in [0.5, 0.6) is 0 Å². The van der Waals surface area contributed by atoms with Crippen molar-refractivity contribution in [3.8, 4) is 0 Å². The molecule has 3 rings (SSSR count). The van der Waals surface area contributed by atoms with E-state index in [1.807, 2.05) is 42.5 Å². The molecule has 1 atom stereocenters. The Morgan fingerprint density at radius 2 is 1.86 bits per heavy atom. The van der Waals surface area contributed by atoms with Crippen molar-refractivity contribution in [3.05, 3.63) is 72.3 Å². The molecule has 0 aliphatic carbocycles. The Kier molecular flexibility index (Phi) is 6.29. The molecule has 0 fully saturated rings. The Morgan fingerprint density at radius 3 is 2.52 bits per heavy atom. The molecule has 2 aromatic rings. The van der Waals surface area contributed by atoms with E-state index in [9.17, 15) is 9.59 Å². The van der Waals surface area contributed by atoms with E-state index in [-0.39, 0.29) is 12.5 Å². The zero-order chi connectivity index (χ0) is 20.8. The molecule has 1 unspecified atom stereocenters. The highest BCUT2D eigenvalue weighted by atomic mass is 16.5. The van der Waals surface area contributed by atoms with E-state index >= 15 is 0 Å². The molecule has 0 saturated heterocycles. The van der Waals surface area contributed by atoms with Crippen molar-refractivity contribution in [3.63, 3.8) is 0 Å². The van der Waals surface area contributed by atoms with Crippen LogP contribution in [0.2, 0.25) is 0 Å². The fourth-order valence-corrected chi connectivity index (χ4v) is 2.68. The topological polar surface area (TPSA) is 83.7 Å². The third-order valence-corrected chi connectivity index (χ3v) is 4.29. The number of azo groups is 1. The number of hydrazone groups is 1. The van der Waals surface area contributed by atoms with Gasteiger partial charge in [0.1, 0.15) is 0 Å². The number of ether oxygens (including phenoxy) is 1. The van der Waals surface area contributed by atoms with Crippen LogP contribution >= 0.6 is 0 Å². The van der Waals surface area contributed by atoms with Gasteiger partial charge in [0.25, 0.3) is 5.91 Å². The molecule has 0 saturated carbocycles. The number of nitrogens with zero attached hydrogens (tertiary/aromatic N) is 4. The number of hydrogen-bond acceptors (Lipinski definition) is 6. The first-order valence-electron chi connectivity index (χ1n) is 9.22. The number of para-hydroxylation sites is 1. The maximum absolute atomic E-state index is 12.6. The molecule has 7 heteroatoms. The fraction of sp³-hybridized carbons (Fsp3) is 0.227. The summed E-state index contributed by atoms with van der Waals surface area (Å²) in [4.78, 5) is 24.0. The van der Waals surface area contributed by atoms with Crippen LogP contribution in [0.15, 0.2) is 82.1 Å². The average Bonchev–Trinajstić information content (AvgIpc) is 3.01. The lowest BCUT2D eigenvalue weighted by atomic mass is 10.1. The maximum Gasteiger partial charge on any atom is 0.333 e. The van der Waals surface area contributed by atoms with Gasteiger partial charge in [0.15, 0.2) is 6.04 Å². The summed E-state index contributed by atoms with van der Waals surface area (Å²) >= 11 is 0. The summed E-state index contributed by atoms with van der Waals surface area (Å²) < 4.78 is 5.09. The van der Waals surface area contributed by atoms with Crippen LogP contribution in [0, 0.1) is 0 Å². The van der Waals surface area contributed by atoms with Crippen molar-refractivity contribution in [1.29, 1.82) is 0 Å². The summed E-state index contributed by atoms with van der Waals surface area (Å²) in [6, 6.07) is 15.9. The molecule has 1 aliphatic rings. The van der Waals surface area contributed by atoms with E-state index in [2.05, 4.69) is 21.9 Å². The number of rotatable bonds is 7. The fourth-order valence-electron chi connectivity index (χ4n) is 2.68. The smallest absolute Gasteiger partial charge is 0.333 e. The molecular formula is C22H22N4O3. The Balaban J connectivity index is 1.59. The SMILES string of the molecule is C=C(C)C(=O)OCCc1ccc(/N=N/C2C(=O)N(c3ccccc3)N=C2C)cc1. The monoisotopic (exact) mass is 390 g/mol. The number of carbonyl (C=O) groups is 2. The molecule has 7 nitrogen and oxygen atoms in total. The van der Waals surface area contributed by atoms with Crippen molar-refractivity contribution in [2.24, 2.45) is 15.3 Å². The van der Waals surface area contributed by atoms with E-state index < -0.39 is 12.0 Å². The van der Waals surface area contributed by atoms with Crippen LogP contribution in [0.3, 0.4) is 0 Å². The van der Waals surface area contributed by atoms with Crippen molar-refractivity contribution in [1.82, 2.24) is 0 Å². The lowest BCUT2D eigenvalue weighted by molar-refractivity contribution is -0.138. The second-order valence-electron chi connectivity index (χ2n) is 6.68. The van der Waals surface area contributed by atoms with Crippen LogP contribution in [0.1, 0.15) is 19.4 Å². The number of benzene rings is 2. The zero-order valence-electron chi connectivity index (χ0n) is 16.4. The number of anilines is 1. The van der Waals surface area contributed by atoms with Crippen molar-refractivity contribution >= 4 is 29.0 Å². The van der Waals surface area contributed by atoms with Gasteiger partial charge in [-0.3, -0.25) is 4.79 Å². The van der Waals surface area contributed by atoms with Gasteiger partial charge in [0, 0.05) is 12.0 Å². The maximum atomic E-state index is 12.6. The Bertz CT molecular complexity index is 965. The zero-order valence-corrected chi connectivity index (χ0v) is 16.4. The normalized spacial score (nSPS) is 16.2. The predicted octanol–water partition coefficient (Wildman–Crippen LogP) is 4.22. The highest BCUT2D eigenvalue weighted by molar-refractivity contribution is 6.18. The van der Waals surface area contributed by atoms with E-state index in [0.29, 0.717) is 29.1 Å². The lowest BCUT2D eigenvalue weighted by Crippen LogP contribution is -2.29. The summed E-state index contributed by atoms with van der Waals surface area (Å²) in [5.41, 5.74) is 3.31. The molecule has 0 spiro atoms. The van der Waals surface area contributed by atoms with E-state index in [4.69, 9.17) is 4.74 Å². The molecule has 2 aromatic carbocycles. The molecule has 1 aliphatic heterocycles. The van der Waals surface area contributed by atoms with Crippen molar-refractivity contribution in [2.45, 2.75) is 26.3 Å². The largest absolute Gasteiger partial charge is 0.462 e. The number of carbonyl (C=O) groups excluding carboxylic acids is 2. The second kappa shape index (κ2) is 9.05. The van der Waals surface area contributed by atoms with Gasteiger partial charge in [-0.15, -0.1) is 0 Å². The van der Waals surface area contributed by atoms with Crippen LogP contribution in [-0.2, 0) is 20.7 Å². The van der Waals surface area contributed by atoms with Gasteiger partial charge < -0.3 is 4.74 Å². The minimum atomic E-state index is -0.726. The van der Waals surface area contributed by atoms with Gasteiger partial charge in [-0.1, -0.05) is 36.9 Å². The quantitative estimate of drug-likeness (QED) is 0.403. The summed E-state index contributed by atoms with van der Waals surface area (Å²) in [5, 5.41) is 14.0.